The molecule has 0 aliphatic rings. The molecule has 4 aromatic carbocycles. The van der Waals surface area contributed by atoms with Crippen molar-refractivity contribution in [3.8, 4) is 0 Å². The van der Waals surface area contributed by atoms with Crippen LogP contribution in [-0.2, 0) is 15.9 Å². The van der Waals surface area contributed by atoms with Gasteiger partial charge in [0.2, 0.25) is 0 Å². The zero-order valence-corrected chi connectivity index (χ0v) is 18.5. The van der Waals surface area contributed by atoms with Gasteiger partial charge >= 0.3 is 5.97 Å². The van der Waals surface area contributed by atoms with Crippen molar-refractivity contribution in [2.24, 2.45) is 0 Å². The lowest BCUT2D eigenvalue weighted by Gasteiger charge is -2.20. The molecule has 32 heavy (non-hydrogen) atoms. The zero-order chi connectivity index (χ0) is 22.4. The van der Waals surface area contributed by atoms with E-state index in [1.165, 1.54) is 0 Å². The van der Waals surface area contributed by atoms with Crippen LogP contribution in [0, 0.1) is 0 Å². The van der Waals surface area contributed by atoms with Crippen LogP contribution >= 0.6 is 7.14 Å². The molecule has 0 N–H and O–H groups in total. The van der Waals surface area contributed by atoms with Crippen LogP contribution in [0.1, 0.15) is 21.5 Å². The van der Waals surface area contributed by atoms with Gasteiger partial charge in [-0.25, -0.2) is 4.79 Å². The van der Waals surface area contributed by atoms with Crippen LogP contribution < -0.4 is 15.9 Å². The molecule has 3 nitrogen and oxygen atoms in total. The molecule has 0 spiro atoms. The van der Waals surface area contributed by atoms with Gasteiger partial charge in [0, 0.05) is 15.9 Å². The fraction of sp³-hybridized carbons (Fsp3) is 0.0357. The maximum atomic E-state index is 14.3. The lowest BCUT2D eigenvalue weighted by atomic mass is 10.1. The second kappa shape index (κ2) is 9.64. The number of ether oxygens (including phenoxy) is 1. The van der Waals surface area contributed by atoms with Gasteiger partial charge in [0.25, 0.3) is 0 Å². The van der Waals surface area contributed by atoms with Gasteiger partial charge in [-0.15, -0.1) is 0 Å². The Bertz CT molecular complexity index is 1200. The topological polar surface area (TPSA) is 43.4 Å². The second-order valence-electron chi connectivity index (χ2n) is 7.35. The van der Waals surface area contributed by atoms with Gasteiger partial charge in [-0.2, -0.15) is 0 Å². The fourth-order valence-electron chi connectivity index (χ4n) is 3.51. The summed E-state index contributed by atoms with van der Waals surface area (Å²) in [4.78, 5) is 12.5. The summed E-state index contributed by atoms with van der Waals surface area (Å²) in [5.41, 5.74) is 2.33. The van der Waals surface area contributed by atoms with E-state index in [1.807, 2.05) is 84.9 Å². The standard InChI is InChI=1S/C28H23O3P/c1-2-22-13-15-23(16-14-22)21-31-28(29)24-17-19-27(20-18-24)32(30,25-9-5-3-6-10-25)26-11-7-4-8-12-26/h2-20H,1,21H2. The van der Waals surface area contributed by atoms with Crippen LogP contribution in [-0.4, -0.2) is 5.97 Å². The predicted molar refractivity (Wildman–Crippen MR) is 131 cm³/mol. The quantitative estimate of drug-likeness (QED) is 0.290. The minimum atomic E-state index is -3.06. The summed E-state index contributed by atoms with van der Waals surface area (Å²) >= 11 is 0. The first-order chi connectivity index (χ1) is 15.6. The smallest absolute Gasteiger partial charge is 0.338 e. The summed E-state index contributed by atoms with van der Waals surface area (Å²) in [6.07, 6.45) is 1.76. The highest BCUT2D eigenvalue weighted by Gasteiger charge is 2.29. The summed E-state index contributed by atoms with van der Waals surface area (Å²) in [6.45, 7) is 3.92. The van der Waals surface area contributed by atoms with Crippen molar-refractivity contribution in [1.29, 1.82) is 0 Å². The lowest BCUT2D eigenvalue weighted by Crippen LogP contribution is -2.25. The van der Waals surface area contributed by atoms with Crippen LogP contribution in [0.15, 0.2) is 116 Å². The molecule has 0 unspecified atom stereocenters. The molecule has 4 heteroatoms. The molecular weight excluding hydrogens is 415 g/mol. The zero-order valence-electron chi connectivity index (χ0n) is 17.6. The van der Waals surface area contributed by atoms with Gasteiger partial charge in [-0.3, -0.25) is 0 Å². The van der Waals surface area contributed by atoms with E-state index in [0.717, 1.165) is 21.7 Å². The predicted octanol–water partition coefficient (Wildman–Crippen LogP) is 5.33. The van der Waals surface area contributed by atoms with Crippen LogP contribution in [0.4, 0.5) is 0 Å². The van der Waals surface area contributed by atoms with E-state index in [1.54, 1.807) is 30.3 Å². The Morgan fingerprint density at radius 3 is 1.72 bits per heavy atom. The number of hydrogen-bond donors (Lipinski definition) is 0. The molecule has 4 aromatic rings. The molecule has 0 heterocycles. The van der Waals surface area contributed by atoms with Gasteiger partial charge in [0.05, 0.1) is 5.56 Å². The Labute approximate surface area is 188 Å². The van der Waals surface area contributed by atoms with Crippen LogP contribution in [0.25, 0.3) is 6.08 Å². The van der Waals surface area contributed by atoms with E-state index < -0.39 is 13.1 Å². The maximum Gasteiger partial charge on any atom is 0.338 e. The van der Waals surface area contributed by atoms with Crippen LogP contribution in [0.3, 0.4) is 0 Å². The number of benzene rings is 4. The van der Waals surface area contributed by atoms with Crippen molar-refractivity contribution in [3.63, 3.8) is 0 Å². The first-order valence-electron chi connectivity index (χ1n) is 10.3. The molecule has 0 amide bonds. The van der Waals surface area contributed by atoms with Gasteiger partial charge in [-0.1, -0.05) is 110 Å². The minimum Gasteiger partial charge on any atom is -0.457 e. The molecule has 158 valence electrons. The molecule has 0 bridgehead atoms. The Kier molecular flexibility index (Phi) is 6.49. The normalized spacial score (nSPS) is 11.0. The number of rotatable bonds is 7. The fourth-order valence-corrected chi connectivity index (χ4v) is 6.16. The maximum absolute atomic E-state index is 14.3. The molecule has 4 rings (SSSR count). The van der Waals surface area contributed by atoms with Crippen molar-refractivity contribution < 1.29 is 14.1 Å². The molecule has 0 fully saturated rings. The van der Waals surface area contributed by atoms with Crippen molar-refractivity contribution in [3.05, 3.63) is 132 Å². The summed E-state index contributed by atoms with van der Waals surface area (Å²) in [5.74, 6) is -0.418. The highest BCUT2D eigenvalue weighted by atomic mass is 31.2. The molecule has 0 aliphatic heterocycles. The first-order valence-corrected chi connectivity index (χ1v) is 12.0. The average Bonchev–Trinajstić information content (AvgIpc) is 2.88. The lowest BCUT2D eigenvalue weighted by molar-refractivity contribution is 0.0472. The molecule has 0 saturated heterocycles. The Hall–Kier alpha value is -3.68. The third-order valence-electron chi connectivity index (χ3n) is 5.29. The van der Waals surface area contributed by atoms with Crippen molar-refractivity contribution in [1.82, 2.24) is 0 Å². The van der Waals surface area contributed by atoms with Crippen molar-refractivity contribution in [2.75, 3.05) is 0 Å². The summed E-state index contributed by atoms with van der Waals surface area (Å²) < 4.78 is 19.8. The minimum absolute atomic E-state index is 0.185. The van der Waals surface area contributed by atoms with Crippen molar-refractivity contribution >= 4 is 35.1 Å². The van der Waals surface area contributed by atoms with E-state index in [9.17, 15) is 9.36 Å². The Balaban J connectivity index is 1.57. The molecule has 0 aromatic heterocycles. The van der Waals surface area contributed by atoms with E-state index in [-0.39, 0.29) is 6.61 Å². The number of esters is 1. The Morgan fingerprint density at radius 1 is 0.719 bits per heavy atom. The van der Waals surface area contributed by atoms with Crippen molar-refractivity contribution in [2.45, 2.75) is 6.61 Å². The summed E-state index contributed by atoms with van der Waals surface area (Å²) in [5, 5.41) is 2.18. The first kappa shape index (κ1) is 21.5. The Morgan fingerprint density at radius 2 is 1.22 bits per heavy atom. The van der Waals surface area contributed by atoms with Gasteiger partial charge in [0.15, 0.2) is 7.14 Å². The van der Waals surface area contributed by atoms with Gasteiger partial charge in [0.1, 0.15) is 6.61 Å². The summed E-state index contributed by atoms with van der Waals surface area (Å²) in [6, 6.07) is 33.4. The van der Waals surface area contributed by atoms with E-state index in [2.05, 4.69) is 6.58 Å². The SMILES string of the molecule is C=Cc1ccc(COC(=O)c2ccc(P(=O)(c3ccccc3)c3ccccc3)cc2)cc1. The van der Waals surface area contributed by atoms with Crippen LogP contribution in [0.2, 0.25) is 0 Å². The molecule has 0 aliphatic carbocycles. The summed E-state index contributed by atoms with van der Waals surface area (Å²) in [7, 11) is -3.06. The number of carbonyl (C=O) groups is 1. The highest BCUT2D eigenvalue weighted by molar-refractivity contribution is 7.85. The van der Waals surface area contributed by atoms with E-state index in [0.29, 0.717) is 10.9 Å². The van der Waals surface area contributed by atoms with E-state index >= 15 is 0 Å². The van der Waals surface area contributed by atoms with Gasteiger partial charge in [-0.05, 0) is 23.3 Å². The largest absolute Gasteiger partial charge is 0.457 e. The third kappa shape index (κ3) is 4.49. The molecule has 0 atom stereocenters. The monoisotopic (exact) mass is 438 g/mol. The van der Waals surface area contributed by atoms with Gasteiger partial charge < -0.3 is 9.30 Å². The second-order valence-corrected chi connectivity index (χ2v) is 10.1. The number of carbonyl (C=O) groups excluding carboxylic acids is 1. The third-order valence-corrected chi connectivity index (χ3v) is 8.37. The highest BCUT2D eigenvalue weighted by Crippen LogP contribution is 2.42. The molecule has 0 radical (unpaired) electrons. The van der Waals surface area contributed by atoms with E-state index in [4.69, 9.17) is 4.74 Å². The number of hydrogen-bond acceptors (Lipinski definition) is 3. The molecular formula is C28H23O3P. The average molecular weight is 438 g/mol. The molecule has 0 saturated carbocycles. The van der Waals surface area contributed by atoms with Crippen LogP contribution in [0.5, 0.6) is 0 Å².